The Morgan fingerprint density at radius 1 is 1.45 bits per heavy atom. The fourth-order valence-electron chi connectivity index (χ4n) is 3.21. The van der Waals surface area contributed by atoms with Gasteiger partial charge in [-0.3, -0.25) is 0 Å². The monoisotopic (exact) mass is 290 g/mol. The van der Waals surface area contributed by atoms with Crippen LogP contribution in [-0.2, 0) is 12.8 Å². The lowest BCUT2D eigenvalue weighted by molar-refractivity contribution is 0.222. The number of hydrogen-bond acceptors (Lipinski definition) is 4. The van der Waals surface area contributed by atoms with E-state index in [1.54, 1.807) is 18.4 Å². The van der Waals surface area contributed by atoms with Crippen LogP contribution in [-0.4, -0.2) is 36.6 Å². The van der Waals surface area contributed by atoms with Crippen LogP contribution in [0.15, 0.2) is 12.1 Å². The van der Waals surface area contributed by atoms with Crippen molar-refractivity contribution in [3.8, 4) is 5.19 Å². The Morgan fingerprint density at radius 2 is 2.30 bits per heavy atom. The molecule has 0 saturated heterocycles. The highest BCUT2D eigenvalue weighted by Crippen LogP contribution is 2.35. The number of fused-ring (bicyclic) bond motifs is 3. The normalized spacial score (nSPS) is 18.5. The number of hydrogen-bond donors (Lipinski definition) is 0. The number of aromatic nitrogens is 1. The Hall–Kier alpha value is -1.13. The predicted molar refractivity (Wildman–Crippen MR) is 84.9 cm³/mol. The fraction of sp³-hybridized carbons (Fsp3) is 0.562. The second-order valence-corrected chi connectivity index (χ2v) is 6.60. The molecule has 3 rings (SSSR count). The minimum Gasteiger partial charge on any atom is -0.473 e. The Balaban J connectivity index is 1.91. The summed E-state index contributed by atoms with van der Waals surface area (Å²) < 4.78 is 6.53. The molecule has 1 aromatic carbocycles. The van der Waals surface area contributed by atoms with E-state index in [9.17, 15) is 0 Å². The van der Waals surface area contributed by atoms with Crippen molar-refractivity contribution in [3.63, 3.8) is 0 Å². The van der Waals surface area contributed by atoms with Gasteiger partial charge >= 0.3 is 0 Å². The van der Waals surface area contributed by atoms with Crippen molar-refractivity contribution in [1.29, 1.82) is 0 Å². The number of methoxy groups -OCH3 is 1. The van der Waals surface area contributed by atoms with Crippen molar-refractivity contribution in [3.05, 3.63) is 23.3 Å². The lowest BCUT2D eigenvalue weighted by Gasteiger charge is -2.32. The largest absolute Gasteiger partial charge is 0.473 e. The second-order valence-electron chi connectivity index (χ2n) is 5.61. The molecule has 1 heterocycles. The second kappa shape index (κ2) is 5.70. The first-order valence-electron chi connectivity index (χ1n) is 7.38. The van der Waals surface area contributed by atoms with Gasteiger partial charge in [0.05, 0.1) is 17.3 Å². The Bertz CT molecular complexity index is 608. The predicted octanol–water partition coefficient (Wildman–Crippen LogP) is 3.50. The number of benzene rings is 1. The van der Waals surface area contributed by atoms with Crippen LogP contribution < -0.4 is 4.74 Å². The van der Waals surface area contributed by atoms with Gasteiger partial charge in [0.25, 0.3) is 5.19 Å². The fourth-order valence-corrected chi connectivity index (χ4v) is 4.02. The molecule has 1 unspecified atom stereocenters. The van der Waals surface area contributed by atoms with E-state index >= 15 is 0 Å². The van der Waals surface area contributed by atoms with Gasteiger partial charge in [0.1, 0.15) is 0 Å². The molecule has 1 atom stereocenters. The summed E-state index contributed by atoms with van der Waals surface area (Å²) in [7, 11) is 3.95. The molecule has 3 nitrogen and oxygen atoms in total. The molecule has 1 aliphatic rings. The van der Waals surface area contributed by atoms with E-state index in [0.717, 1.165) is 18.0 Å². The van der Waals surface area contributed by atoms with Gasteiger partial charge in [-0.15, -0.1) is 0 Å². The maximum absolute atomic E-state index is 5.28. The van der Waals surface area contributed by atoms with Gasteiger partial charge in [0.2, 0.25) is 0 Å². The summed E-state index contributed by atoms with van der Waals surface area (Å²) >= 11 is 1.64. The number of nitrogens with zero attached hydrogens (tertiary/aromatic N) is 2. The van der Waals surface area contributed by atoms with Gasteiger partial charge in [0.15, 0.2) is 0 Å². The van der Waals surface area contributed by atoms with Crippen LogP contribution in [0.3, 0.4) is 0 Å². The first-order chi connectivity index (χ1) is 9.72. The van der Waals surface area contributed by atoms with Crippen molar-refractivity contribution in [2.45, 2.75) is 38.6 Å². The number of aryl methyl sites for hydroxylation is 1. The van der Waals surface area contributed by atoms with E-state index < -0.39 is 0 Å². The molecule has 0 radical (unpaired) electrons. The molecule has 0 aliphatic heterocycles. The van der Waals surface area contributed by atoms with Crippen LogP contribution >= 0.6 is 11.3 Å². The van der Waals surface area contributed by atoms with Crippen LogP contribution in [0.2, 0.25) is 0 Å². The highest BCUT2D eigenvalue weighted by molar-refractivity contribution is 7.20. The lowest BCUT2D eigenvalue weighted by Crippen LogP contribution is -2.36. The zero-order valence-corrected chi connectivity index (χ0v) is 13.3. The Kier molecular flexibility index (Phi) is 3.94. The third kappa shape index (κ3) is 2.42. The smallest absolute Gasteiger partial charge is 0.274 e. The van der Waals surface area contributed by atoms with Crippen molar-refractivity contribution in [2.24, 2.45) is 0 Å². The van der Waals surface area contributed by atoms with Crippen molar-refractivity contribution in [1.82, 2.24) is 9.88 Å². The van der Waals surface area contributed by atoms with E-state index in [-0.39, 0.29) is 0 Å². The topological polar surface area (TPSA) is 25.4 Å². The molecule has 2 aromatic rings. The van der Waals surface area contributed by atoms with Gasteiger partial charge in [0, 0.05) is 6.04 Å². The van der Waals surface area contributed by atoms with Gasteiger partial charge in [-0.05, 0) is 56.5 Å². The summed E-state index contributed by atoms with van der Waals surface area (Å²) in [6, 6.07) is 5.18. The molecule has 0 saturated carbocycles. The molecular weight excluding hydrogens is 268 g/mol. The zero-order valence-electron chi connectivity index (χ0n) is 12.5. The third-order valence-corrected chi connectivity index (χ3v) is 5.28. The average Bonchev–Trinajstić information content (AvgIpc) is 2.90. The standard InChI is InChI=1S/C16H22N2OS/c1-4-9-18(2)12-6-7-13-11(10-12)5-8-14-15(13)17-16(19-3)20-14/h5,8,12H,4,6-7,9-10H2,1-3H3. The molecule has 0 spiro atoms. The van der Waals surface area contributed by atoms with Crippen LogP contribution in [0.4, 0.5) is 0 Å². The van der Waals surface area contributed by atoms with E-state index in [2.05, 4.69) is 36.0 Å². The van der Waals surface area contributed by atoms with Gasteiger partial charge in [-0.25, -0.2) is 4.98 Å². The first kappa shape index (κ1) is 13.8. The molecule has 4 heteroatoms. The van der Waals surface area contributed by atoms with Gasteiger partial charge < -0.3 is 9.64 Å². The highest BCUT2D eigenvalue weighted by Gasteiger charge is 2.24. The molecular formula is C16H22N2OS. The lowest BCUT2D eigenvalue weighted by atomic mass is 9.87. The minimum absolute atomic E-state index is 0.681. The van der Waals surface area contributed by atoms with E-state index in [1.807, 2.05) is 0 Å². The number of thiazole rings is 1. The molecule has 0 amide bonds. The Morgan fingerprint density at radius 3 is 3.05 bits per heavy atom. The highest BCUT2D eigenvalue weighted by atomic mass is 32.1. The molecule has 0 bridgehead atoms. The van der Waals surface area contributed by atoms with Crippen LogP contribution in [0.1, 0.15) is 30.9 Å². The minimum atomic E-state index is 0.681. The van der Waals surface area contributed by atoms with Gasteiger partial charge in [-0.1, -0.05) is 24.3 Å². The summed E-state index contributed by atoms with van der Waals surface area (Å²) in [5, 5.41) is 0.777. The third-order valence-electron chi connectivity index (χ3n) is 4.30. The van der Waals surface area contributed by atoms with Crippen molar-refractivity contribution >= 4 is 21.6 Å². The molecule has 108 valence electrons. The summed E-state index contributed by atoms with van der Waals surface area (Å²) in [6.07, 6.45) is 4.75. The van der Waals surface area contributed by atoms with E-state index in [1.165, 1.54) is 40.7 Å². The summed E-state index contributed by atoms with van der Waals surface area (Å²) in [4.78, 5) is 7.14. The zero-order chi connectivity index (χ0) is 14.1. The molecule has 1 aliphatic carbocycles. The maximum atomic E-state index is 5.28. The average molecular weight is 290 g/mol. The summed E-state index contributed by atoms with van der Waals surface area (Å²) in [5.41, 5.74) is 4.09. The van der Waals surface area contributed by atoms with Crippen LogP contribution in [0.25, 0.3) is 10.2 Å². The molecule has 20 heavy (non-hydrogen) atoms. The Labute approximate surface area is 124 Å². The SMILES string of the molecule is CCCN(C)C1CCc2c(ccc3sc(OC)nc23)C1. The summed E-state index contributed by atoms with van der Waals surface area (Å²) in [6.45, 7) is 3.44. The van der Waals surface area contributed by atoms with E-state index in [4.69, 9.17) is 4.74 Å². The maximum Gasteiger partial charge on any atom is 0.274 e. The molecule has 0 fully saturated rings. The number of rotatable bonds is 4. The molecule has 1 aromatic heterocycles. The number of ether oxygens (including phenoxy) is 1. The quantitative estimate of drug-likeness (QED) is 0.861. The van der Waals surface area contributed by atoms with E-state index in [0.29, 0.717) is 6.04 Å². The van der Waals surface area contributed by atoms with Crippen LogP contribution in [0.5, 0.6) is 5.19 Å². The molecule has 0 N–H and O–H groups in total. The van der Waals surface area contributed by atoms with Crippen molar-refractivity contribution < 1.29 is 4.74 Å². The number of likely N-dealkylation sites (N-methyl/N-ethyl adjacent to an activating group) is 1. The summed E-state index contributed by atoms with van der Waals surface area (Å²) in [5.74, 6) is 0. The van der Waals surface area contributed by atoms with Crippen LogP contribution in [0, 0.1) is 0 Å². The van der Waals surface area contributed by atoms with Gasteiger partial charge in [-0.2, -0.15) is 0 Å². The van der Waals surface area contributed by atoms with Crippen molar-refractivity contribution in [2.75, 3.05) is 20.7 Å². The first-order valence-corrected chi connectivity index (χ1v) is 8.20.